The van der Waals surface area contributed by atoms with E-state index in [-0.39, 0.29) is 24.8 Å². The van der Waals surface area contributed by atoms with Gasteiger partial charge in [-0.3, -0.25) is 4.90 Å². The zero-order chi connectivity index (χ0) is 17.2. The molecule has 0 bridgehead atoms. The number of benzene rings is 2. The Kier molecular flexibility index (Phi) is 4.65. The van der Waals surface area contributed by atoms with Crippen molar-refractivity contribution in [3.8, 4) is 0 Å². The third kappa shape index (κ3) is 3.19. The molecule has 2 atom stereocenters. The zero-order valence-corrected chi connectivity index (χ0v) is 13.5. The van der Waals surface area contributed by atoms with Gasteiger partial charge in [-0.15, -0.1) is 0 Å². The largest absolute Gasteiger partial charge is 0.422 e. The van der Waals surface area contributed by atoms with Gasteiger partial charge in [-0.05, 0) is 18.1 Å². The van der Waals surface area contributed by atoms with Crippen molar-refractivity contribution in [3.05, 3.63) is 71.8 Å². The van der Waals surface area contributed by atoms with E-state index >= 15 is 0 Å². The Morgan fingerprint density at radius 2 is 1.62 bits per heavy atom. The predicted molar refractivity (Wildman–Crippen MR) is 86.4 cm³/mol. The van der Waals surface area contributed by atoms with E-state index in [4.69, 9.17) is 4.74 Å². The minimum atomic E-state index is -4.48. The van der Waals surface area contributed by atoms with Crippen molar-refractivity contribution in [2.45, 2.75) is 31.3 Å². The Morgan fingerprint density at radius 3 is 2.21 bits per heavy atom. The van der Waals surface area contributed by atoms with Crippen LogP contribution in [0.15, 0.2) is 60.7 Å². The SMILES string of the molecule is C[C@H]1CO[C@@](c2ccccc2)(C(F)(F)F)CN1Cc1ccccc1. The van der Waals surface area contributed by atoms with E-state index in [2.05, 4.69) is 0 Å². The molecule has 0 radical (unpaired) electrons. The standard InChI is InChI=1S/C19H20F3NO/c1-15-13-24-18(19(20,21)22,17-10-6-3-7-11-17)14-23(15)12-16-8-4-2-5-9-16/h2-11,15H,12-14H2,1H3/t15-,18-/m0/s1. The summed E-state index contributed by atoms with van der Waals surface area (Å²) in [7, 11) is 0. The maximum absolute atomic E-state index is 14.0. The molecule has 0 amide bonds. The molecule has 0 unspecified atom stereocenters. The first-order valence-electron chi connectivity index (χ1n) is 7.96. The van der Waals surface area contributed by atoms with Crippen LogP contribution in [0.25, 0.3) is 0 Å². The number of hydrogen-bond acceptors (Lipinski definition) is 2. The molecule has 128 valence electrons. The topological polar surface area (TPSA) is 12.5 Å². The molecule has 0 aliphatic carbocycles. The van der Waals surface area contributed by atoms with Crippen molar-refractivity contribution in [1.82, 2.24) is 4.90 Å². The fourth-order valence-electron chi connectivity index (χ4n) is 3.10. The lowest BCUT2D eigenvalue weighted by Gasteiger charge is -2.46. The van der Waals surface area contributed by atoms with Crippen molar-refractivity contribution in [1.29, 1.82) is 0 Å². The Bertz CT molecular complexity index is 659. The Balaban J connectivity index is 1.93. The van der Waals surface area contributed by atoms with Gasteiger partial charge in [0.05, 0.1) is 6.61 Å². The number of ether oxygens (including phenoxy) is 1. The highest BCUT2D eigenvalue weighted by atomic mass is 19.4. The second-order valence-corrected chi connectivity index (χ2v) is 6.24. The van der Waals surface area contributed by atoms with E-state index in [9.17, 15) is 13.2 Å². The molecule has 2 aromatic rings. The van der Waals surface area contributed by atoms with E-state index < -0.39 is 11.8 Å². The molecule has 1 saturated heterocycles. The van der Waals surface area contributed by atoms with Crippen LogP contribution in [-0.2, 0) is 16.9 Å². The van der Waals surface area contributed by atoms with Crippen molar-refractivity contribution >= 4 is 0 Å². The summed E-state index contributed by atoms with van der Waals surface area (Å²) in [5.41, 5.74) is -1.13. The lowest BCUT2D eigenvalue weighted by molar-refractivity contribution is -0.310. The van der Waals surface area contributed by atoms with Crippen LogP contribution in [0.2, 0.25) is 0 Å². The van der Waals surface area contributed by atoms with E-state index in [1.165, 1.54) is 12.1 Å². The van der Waals surface area contributed by atoms with Crippen LogP contribution in [-0.4, -0.2) is 30.3 Å². The highest BCUT2D eigenvalue weighted by Crippen LogP contribution is 2.45. The second kappa shape index (κ2) is 6.57. The summed E-state index contributed by atoms with van der Waals surface area (Å²) in [6.45, 7) is 2.20. The third-order valence-electron chi connectivity index (χ3n) is 4.55. The van der Waals surface area contributed by atoms with Gasteiger partial charge in [0, 0.05) is 19.1 Å². The fourth-order valence-corrected chi connectivity index (χ4v) is 3.10. The van der Waals surface area contributed by atoms with Crippen LogP contribution in [0.3, 0.4) is 0 Å². The zero-order valence-electron chi connectivity index (χ0n) is 13.5. The maximum Gasteiger partial charge on any atom is 0.422 e. The molecule has 3 rings (SSSR count). The van der Waals surface area contributed by atoms with Crippen LogP contribution < -0.4 is 0 Å². The monoisotopic (exact) mass is 335 g/mol. The summed E-state index contributed by atoms with van der Waals surface area (Å²) in [4.78, 5) is 1.85. The molecule has 5 heteroatoms. The summed E-state index contributed by atoms with van der Waals surface area (Å²) in [5, 5.41) is 0. The number of alkyl halides is 3. The minimum Gasteiger partial charge on any atom is -0.358 e. The van der Waals surface area contributed by atoms with Gasteiger partial charge in [-0.1, -0.05) is 60.7 Å². The Hall–Kier alpha value is -1.85. The number of halogens is 3. The van der Waals surface area contributed by atoms with Gasteiger partial charge in [0.25, 0.3) is 0 Å². The van der Waals surface area contributed by atoms with Crippen molar-refractivity contribution in [2.24, 2.45) is 0 Å². The van der Waals surface area contributed by atoms with Crippen LogP contribution in [0.4, 0.5) is 13.2 Å². The Morgan fingerprint density at radius 1 is 1.04 bits per heavy atom. The first-order valence-corrected chi connectivity index (χ1v) is 7.96. The molecular formula is C19H20F3NO. The van der Waals surface area contributed by atoms with Crippen LogP contribution >= 0.6 is 0 Å². The molecule has 2 aromatic carbocycles. The molecule has 1 fully saturated rings. The van der Waals surface area contributed by atoms with E-state index in [0.717, 1.165) is 5.56 Å². The number of rotatable bonds is 3. The first-order chi connectivity index (χ1) is 11.4. The average molecular weight is 335 g/mol. The van der Waals surface area contributed by atoms with Gasteiger partial charge in [-0.25, -0.2) is 0 Å². The second-order valence-electron chi connectivity index (χ2n) is 6.24. The molecule has 0 spiro atoms. The van der Waals surface area contributed by atoms with E-state index in [0.29, 0.717) is 6.54 Å². The van der Waals surface area contributed by atoms with Crippen LogP contribution in [0, 0.1) is 0 Å². The average Bonchev–Trinajstić information content (AvgIpc) is 2.58. The maximum atomic E-state index is 14.0. The lowest BCUT2D eigenvalue weighted by Crippen LogP contribution is -2.60. The van der Waals surface area contributed by atoms with Crippen molar-refractivity contribution < 1.29 is 17.9 Å². The molecule has 0 N–H and O–H groups in total. The van der Waals surface area contributed by atoms with Crippen molar-refractivity contribution in [3.63, 3.8) is 0 Å². The van der Waals surface area contributed by atoms with Gasteiger partial charge >= 0.3 is 6.18 Å². The van der Waals surface area contributed by atoms with Gasteiger partial charge in [0.2, 0.25) is 5.60 Å². The molecule has 1 aliphatic rings. The molecule has 0 aromatic heterocycles. The normalized spacial score (nSPS) is 25.6. The lowest BCUT2D eigenvalue weighted by atomic mass is 9.89. The summed E-state index contributed by atoms with van der Waals surface area (Å²) >= 11 is 0. The van der Waals surface area contributed by atoms with Gasteiger partial charge in [-0.2, -0.15) is 13.2 Å². The molecule has 0 saturated carbocycles. The predicted octanol–water partition coefficient (Wildman–Crippen LogP) is 4.37. The quantitative estimate of drug-likeness (QED) is 0.826. The highest BCUT2D eigenvalue weighted by Gasteiger charge is 2.60. The molecule has 2 nitrogen and oxygen atoms in total. The summed E-state index contributed by atoms with van der Waals surface area (Å²) in [5.74, 6) is 0. The molecule has 1 heterocycles. The Labute approximate surface area is 139 Å². The van der Waals surface area contributed by atoms with Crippen molar-refractivity contribution in [2.75, 3.05) is 13.2 Å². The molecular weight excluding hydrogens is 315 g/mol. The first kappa shape index (κ1) is 17.0. The summed E-state index contributed by atoms with van der Waals surface area (Å²) in [6, 6.07) is 17.4. The minimum absolute atomic E-state index is 0.0429. The third-order valence-corrected chi connectivity index (χ3v) is 4.55. The van der Waals surface area contributed by atoms with Crippen LogP contribution in [0.5, 0.6) is 0 Å². The highest BCUT2D eigenvalue weighted by molar-refractivity contribution is 5.26. The van der Waals surface area contributed by atoms with E-state index in [1.807, 2.05) is 42.2 Å². The summed E-state index contributed by atoms with van der Waals surface area (Å²) in [6.07, 6.45) is -4.48. The van der Waals surface area contributed by atoms with Crippen LogP contribution in [0.1, 0.15) is 18.1 Å². The molecule has 1 aliphatic heterocycles. The number of nitrogens with zero attached hydrogens (tertiary/aromatic N) is 1. The van der Waals surface area contributed by atoms with Gasteiger partial charge < -0.3 is 4.74 Å². The van der Waals surface area contributed by atoms with E-state index in [1.54, 1.807) is 18.2 Å². The smallest absolute Gasteiger partial charge is 0.358 e. The number of morpholine rings is 1. The number of hydrogen-bond donors (Lipinski definition) is 0. The molecule has 24 heavy (non-hydrogen) atoms. The fraction of sp³-hybridized carbons (Fsp3) is 0.368. The van der Waals surface area contributed by atoms with Gasteiger partial charge in [0.15, 0.2) is 0 Å². The summed E-state index contributed by atoms with van der Waals surface area (Å²) < 4.78 is 47.3. The van der Waals surface area contributed by atoms with Gasteiger partial charge in [0.1, 0.15) is 0 Å².